The molecule has 0 amide bonds. The normalized spacial score (nSPS) is 29.6. The number of halogens is 1. The Hall–Kier alpha value is -0.340. The lowest BCUT2D eigenvalue weighted by Gasteiger charge is -2.24. The van der Waals surface area contributed by atoms with Crippen LogP contribution in [0.4, 0.5) is 0 Å². The molecule has 0 heterocycles. The van der Waals surface area contributed by atoms with E-state index in [-0.39, 0.29) is 0 Å². The molecule has 1 fully saturated rings. The molecule has 1 saturated carbocycles. The van der Waals surface area contributed by atoms with Crippen LogP contribution in [0.1, 0.15) is 31.7 Å². The predicted molar refractivity (Wildman–Crippen MR) is 72.7 cm³/mol. The number of benzene rings is 1. The summed E-state index contributed by atoms with van der Waals surface area (Å²) in [5.41, 5.74) is 1.95. The second-order valence-electron chi connectivity index (χ2n) is 5.34. The molecule has 1 aromatic carbocycles. The second-order valence-corrected chi connectivity index (χ2v) is 6.26. The zero-order valence-electron chi connectivity index (χ0n) is 10.1. The fourth-order valence-corrected chi connectivity index (χ4v) is 3.09. The lowest BCUT2D eigenvalue weighted by molar-refractivity contribution is 0.324. The predicted octanol–water partition coefficient (Wildman–Crippen LogP) is 3.77. The van der Waals surface area contributed by atoms with E-state index in [9.17, 15) is 0 Å². The van der Waals surface area contributed by atoms with Crippen LogP contribution in [0.15, 0.2) is 28.7 Å². The van der Waals surface area contributed by atoms with E-state index < -0.39 is 0 Å². The molecule has 0 saturated heterocycles. The minimum Gasteiger partial charge on any atom is -0.317 e. The molecule has 1 nitrogen and oxygen atoms in total. The molecule has 2 atom stereocenters. The largest absolute Gasteiger partial charge is 0.317 e. The third-order valence-corrected chi connectivity index (χ3v) is 4.32. The Morgan fingerprint density at radius 2 is 2.06 bits per heavy atom. The van der Waals surface area contributed by atoms with Crippen LogP contribution in [0, 0.1) is 5.41 Å². The molecule has 0 bridgehead atoms. The smallest absolute Gasteiger partial charge is 0.0175 e. The van der Waals surface area contributed by atoms with Crippen LogP contribution < -0.4 is 5.32 Å². The minimum atomic E-state index is 0.488. The highest BCUT2D eigenvalue weighted by atomic mass is 79.9. The van der Waals surface area contributed by atoms with Crippen molar-refractivity contribution in [1.82, 2.24) is 5.32 Å². The van der Waals surface area contributed by atoms with Crippen molar-refractivity contribution in [1.29, 1.82) is 0 Å². The van der Waals surface area contributed by atoms with Crippen molar-refractivity contribution >= 4 is 15.9 Å². The van der Waals surface area contributed by atoms with E-state index in [2.05, 4.69) is 59.5 Å². The Morgan fingerprint density at radius 3 is 2.62 bits per heavy atom. The SMILES string of the molecule is CNC1CCC(C)(Cc2ccc(Br)cc2)C1. The van der Waals surface area contributed by atoms with Gasteiger partial charge in [-0.3, -0.25) is 0 Å². The van der Waals surface area contributed by atoms with Crippen LogP contribution in [-0.4, -0.2) is 13.1 Å². The molecule has 88 valence electrons. The van der Waals surface area contributed by atoms with Gasteiger partial charge in [0.1, 0.15) is 0 Å². The van der Waals surface area contributed by atoms with Crippen LogP contribution in [-0.2, 0) is 6.42 Å². The number of rotatable bonds is 3. The van der Waals surface area contributed by atoms with Crippen molar-refractivity contribution < 1.29 is 0 Å². The fraction of sp³-hybridized carbons (Fsp3) is 0.571. The van der Waals surface area contributed by atoms with Crippen molar-refractivity contribution in [3.8, 4) is 0 Å². The topological polar surface area (TPSA) is 12.0 Å². The van der Waals surface area contributed by atoms with Gasteiger partial charge in [-0.05, 0) is 55.8 Å². The van der Waals surface area contributed by atoms with Crippen LogP contribution in [0.5, 0.6) is 0 Å². The van der Waals surface area contributed by atoms with E-state index in [4.69, 9.17) is 0 Å². The van der Waals surface area contributed by atoms with Gasteiger partial charge in [-0.15, -0.1) is 0 Å². The Morgan fingerprint density at radius 1 is 1.38 bits per heavy atom. The monoisotopic (exact) mass is 281 g/mol. The summed E-state index contributed by atoms with van der Waals surface area (Å²) in [6.07, 6.45) is 5.18. The molecule has 1 aliphatic rings. The highest BCUT2D eigenvalue weighted by molar-refractivity contribution is 9.10. The molecule has 0 radical (unpaired) electrons. The summed E-state index contributed by atoms with van der Waals surface area (Å²) in [5, 5.41) is 3.41. The van der Waals surface area contributed by atoms with Gasteiger partial charge in [0, 0.05) is 10.5 Å². The van der Waals surface area contributed by atoms with Gasteiger partial charge in [-0.2, -0.15) is 0 Å². The minimum absolute atomic E-state index is 0.488. The van der Waals surface area contributed by atoms with E-state index >= 15 is 0 Å². The van der Waals surface area contributed by atoms with Gasteiger partial charge in [0.2, 0.25) is 0 Å². The van der Waals surface area contributed by atoms with Crippen LogP contribution in [0.2, 0.25) is 0 Å². The summed E-state index contributed by atoms with van der Waals surface area (Å²) < 4.78 is 1.17. The van der Waals surface area contributed by atoms with Crippen LogP contribution >= 0.6 is 15.9 Å². The van der Waals surface area contributed by atoms with E-state index in [0.717, 1.165) is 6.04 Å². The van der Waals surface area contributed by atoms with Crippen LogP contribution in [0.25, 0.3) is 0 Å². The van der Waals surface area contributed by atoms with Gasteiger partial charge >= 0.3 is 0 Å². The number of hydrogen-bond acceptors (Lipinski definition) is 1. The van der Waals surface area contributed by atoms with Gasteiger partial charge < -0.3 is 5.32 Å². The summed E-state index contributed by atoms with van der Waals surface area (Å²) in [5.74, 6) is 0. The Balaban J connectivity index is 2.01. The summed E-state index contributed by atoms with van der Waals surface area (Å²) in [6.45, 7) is 2.42. The maximum absolute atomic E-state index is 3.48. The van der Waals surface area contributed by atoms with Crippen molar-refractivity contribution in [3.05, 3.63) is 34.3 Å². The Kier molecular flexibility index (Phi) is 3.70. The molecule has 2 unspecified atom stereocenters. The zero-order valence-corrected chi connectivity index (χ0v) is 11.7. The van der Waals surface area contributed by atoms with Crippen molar-refractivity contribution in [2.24, 2.45) is 5.41 Å². The molecule has 0 spiro atoms. The summed E-state index contributed by atoms with van der Waals surface area (Å²) in [4.78, 5) is 0. The maximum atomic E-state index is 3.48. The van der Waals surface area contributed by atoms with Crippen molar-refractivity contribution in [2.75, 3.05) is 7.05 Å². The van der Waals surface area contributed by atoms with E-state index in [0.29, 0.717) is 5.41 Å². The maximum Gasteiger partial charge on any atom is 0.0175 e. The molecule has 2 rings (SSSR count). The first-order chi connectivity index (χ1) is 7.61. The quantitative estimate of drug-likeness (QED) is 0.890. The molecule has 16 heavy (non-hydrogen) atoms. The molecular weight excluding hydrogens is 262 g/mol. The summed E-state index contributed by atoms with van der Waals surface area (Å²) >= 11 is 3.48. The second kappa shape index (κ2) is 4.89. The average Bonchev–Trinajstić information content (AvgIpc) is 2.64. The fourth-order valence-electron chi connectivity index (χ4n) is 2.82. The Labute approximate surface area is 107 Å². The lowest BCUT2D eigenvalue weighted by atomic mass is 9.82. The van der Waals surface area contributed by atoms with E-state index in [1.165, 1.54) is 35.7 Å². The van der Waals surface area contributed by atoms with Gasteiger partial charge in [0.15, 0.2) is 0 Å². The molecule has 0 aliphatic heterocycles. The molecule has 0 aromatic heterocycles. The summed E-state index contributed by atoms with van der Waals surface area (Å²) in [7, 11) is 2.08. The number of hydrogen-bond donors (Lipinski definition) is 1. The van der Waals surface area contributed by atoms with Crippen molar-refractivity contribution in [3.63, 3.8) is 0 Å². The third kappa shape index (κ3) is 2.86. The average molecular weight is 282 g/mol. The summed E-state index contributed by atoms with van der Waals surface area (Å²) in [6, 6.07) is 9.48. The van der Waals surface area contributed by atoms with Gasteiger partial charge in [0.05, 0.1) is 0 Å². The third-order valence-electron chi connectivity index (χ3n) is 3.79. The standard InChI is InChI=1S/C14H20BrN/c1-14(8-7-13(10-14)16-2)9-11-3-5-12(15)6-4-11/h3-6,13,16H,7-10H2,1-2H3. The lowest BCUT2D eigenvalue weighted by Crippen LogP contribution is -2.24. The van der Waals surface area contributed by atoms with Crippen LogP contribution in [0.3, 0.4) is 0 Å². The molecule has 2 heteroatoms. The molecule has 1 aliphatic carbocycles. The molecule has 1 N–H and O–H groups in total. The van der Waals surface area contributed by atoms with E-state index in [1.54, 1.807) is 0 Å². The zero-order chi connectivity index (χ0) is 11.6. The molecular formula is C14H20BrN. The van der Waals surface area contributed by atoms with Gasteiger partial charge in [-0.1, -0.05) is 35.0 Å². The highest BCUT2D eigenvalue weighted by Crippen LogP contribution is 2.40. The molecule has 1 aromatic rings. The van der Waals surface area contributed by atoms with E-state index in [1.807, 2.05) is 0 Å². The first-order valence-electron chi connectivity index (χ1n) is 6.03. The van der Waals surface area contributed by atoms with Gasteiger partial charge in [0.25, 0.3) is 0 Å². The first-order valence-corrected chi connectivity index (χ1v) is 6.82. The number of nitrogens with one attached hydrogen (secondary N) is 1. The highest BCUT2D eigenvalue weighted by Gasteiger charge is 2.34. The van der Waals surface area contributed by atoms with Crippen molar-refractivity contribution in [2.45, 2.75) is 38.6 Å². The first kappa shape index (κ1) is 12.1. The van der Waals surface area contributed by atoms with Gasteiger partial charge in [-0.25, -0.2) is 0 Å². The Bertz CT molecular complexity index is 346.